The third-order valence-electron chi connectivity index (χ3n) is 4.91. The lowest BCUT2D eigenvalue weighted by molar-refractivity contribution is -0.116. The number of benzene rings is 2. The summed E-state index contributed by atoms with van der Waals surface area (Å²) in [5.74, 6) is -0.283. The van der Waals surface area contributed by atoms with E-state index in [0.29, 0.717) is 37.6 Å². The van der Waals surface area contributed by atoms with Crippen LogP contribution in [0.2, 0.25) is 0 Å². The molecule has 3 N–H and O–H groups in total. The number of amides is 3. The van der Waals surface area contributed by atoms with E-state index in [-0.39, 0.29) is 23.8 Å². The van der Waals surface area contributed by atoms with Gasteiger partial charge in [-0.25, -0.2) is 13.2 Å². The molecule has 0 aliphatic carbocycles. The Morgan fingerprint density at radius 2 is 1.48 bits per heavy atom. The summed E-state index contributed by atoms with van der Waals surface area (Å²) in [5, 5.41) is 7.99. The fourth-order valence-corrected chi connectivity index (χ4v) is 4.52. The van der Waals surface area contributed by atoms with Crippen LogP contribution >= 0.6 is 0 Å². The number of hydrogen-bond acceptors (Lipinski definition) is 5. The maximum atomic E-state index is 12.7. The van der Waals surface area contributed by atoms with Crippen molar-refractivity contribution in [2.45, 2.75) is 11.3 Å². The SMILES string of the molecule is CN1CCN(S(=O)(=O)c2ccc(NC(=O)CCNC(=O)Nc3ccccc3)cc2)CC1. The van der Waals surface area contributed by atoms with E-state index in [1.165, 1.54) is 16.4 Å². The van der Waals surface area contributed by atoms with Crippen LogP contribution in [0.25, 0.3) is 0 Å². The van der Waals surface area contributed by atoms with E-state index in [2.05, 4.69) is 20.9 Å². The summed E-state index contributed by atoms with van der Waals surface area (Å²) in [7, 11) is -1.58. The maximum absolute atomic E-state index is 12.7. The molecule has 1 saturated heterocycles. The molecule has 10 heteroatoms. The fraction of sp³-hybridized carbons (Fsp3) is 0.333. The van der Waals surface area contributed by atoms with Crippen molar-refractivity contribution in [1.29, 1.82) is 0 Å². The predicted molar refractivity (Wildman–Crippen MR) is 119 cm³/mol. The smallest absolute Gasteiger partial charge is 0.319 e. The Bertz CT molecular complexity index is 988. The van der Waals surface area contributed by atoms with Crippen LogP contribution in [-0.2, 0) is 14.8 Å². The van der Waals surface area contributed by atoms with Crippen molar-refractivity contribution in [2.75, 3.05) is 50.4 Å². The summed E-state index contributed by atoms with van der Waals surface area (Å²) >= 11 is 0. The molecule has 2 aromatic rings. The first-order chi connectivity index (χ1) is 14.8. The predicted octanol–water partition coefficient (Wildman–Crippen LogP) is 1.77. The minimum Gasteiger partial charge on any atom is -0.337 e. The molecule has 1 heterocycles. The molecule has 1 fully saturated rings. The van der Waals surface area contributed by atoms with Crippen molar-refractivity contribution in [3.8, 4) is 0 Å². The number of carbonyl (C=O) groups excluding carboxylic acids is 2. The second-order valence-electron chi connectivity index (χ2n) is 7.28. The number of rotatable bonds is 7. The number of urea groups is 1. The topological polar surface area (TPSA) is 111 Å². The van der Waals surface area contributed by atoms with E-state index in [4.69, 9.17) is 0 Å². The van der Waals surface area contributed by atoms with Crippen molar-refractivity contribution in [3.05, 3.63) is 54.6 Å². The van der Waals surface area contributed by atoms with Crippen LogP contribution < -0.4 is 16.0 Å². The Balaban J connectivity index is 1.45. The lowest BCUT2D eigenvalue weighted by atomic mass is 10.3. The van der Waals surface area contributed by atoms with E-state index in [1.807, 2.05) is 25.2 Å². The molecule has 2 aromatic carbocycles. The number of nitrogens with zero attached hydrogens (tertiary/aromatic N) is 2. The van der Waals surface area contributed by atoms with Crippen LogP contribution in [0, 0.1) is 0 Å². The largest absolute Gasteiger partial charge is 0.337 e. The molecule has 1 aliphatic rings. The van der Waals surface area contributed by atoms with Gasteiger partial charge in [0.05, 0.1) is 4.90 Å². The molecule has 0 aromatic heterocycles. The van der Waals surface area contributed by atoms with Crippen LogP contribution in [0.3, 0.4) is 0 Å². The summed E-state index contributed by atoms with van der Waals surface area (Å²) in [6.45, 7) is 2.49. The molecular formula is C21H27N5O4S. The fourth-order valence-electron chi connectivity index (χ4n) is 3.10. The van der Waals surface area contributed by atoms with E-state index >= 15 is 0 Å². The Morgan fingerprint density at radius 3 is 2.13 bits per heavy atom. The number of anilines is 2. The van der Waals surface area contributed by atoms with Gasteiger partial charge in [-0.2, -0.15) is 4.31 Å². The second-order valence-corrected chi connectivity index (χ2v) is 9.21. The maximum Gasteiger partial charge on any atom is 0.319 e. The van der Waals surface area contributed by atoms with Gasteiger partial charge in [-0.3, -0.25) is 4.79 Å². The van der Waals surface area contributed by atoms with Crippen molar-refractivity contribution in [1.82, 2.24) is 14.5 Å². The number of likely N-dealkylation sites (N-methyl/N-ethyl adjacent to an activating group) is 1. The summed E-state index contributed by atoms with van der Waals surface area (Å²) < 4.78 is 27.0. The number of hydrogen-bond donors (Lipinski definition) is 3. The van der Waals surface area contributed by atoms with Gasteiger partial charge in [0, 0.05) is 50.5 Å². The standard InChI is InChI=1S/C21H27N5O4S/c1-25-13-15-26(16-14-25)31(29,30)19-9-7-18(8-10-19)23-20(27)11-12-22-21(28)24-17-5-3-2-4-6-17/h2-10H,11-16H2,1H3,(H,23,27)(H2,22,24,28). The normalized spacial score (nSPS) is 15.3. The number of sulfonamides is 1. The molecule has 0 radical (unpaired) electrons. The van der Waals surface area contributed by atoms with Gasteiger partial charge in [-0.1, -0.05) is 18.2 Å². The number of carbonyl (C=O) groups is 2. The van der Waals surface area contributed by atoms with Gasteiger partial charge in [0.25, 0.3) is 0 Å². The highest BCUT2D eigenvalue weighted by Crippen LogP contribution is 2.19. The van der Waals surface area contributed by atoms with Gasteiger partial charge in [0.2, 0.25) is 15.9 Å². The Hall–Kier alpha value is -2.95. The molecule has 0 atom stereocenters. The van der Waals surface area contributed by atoms with Gasteiger partial charge < -0.3 is 20.9 Å². The summed E-state index contributed by atoms with van der Waals surface area (Å²) in [4.78, 5) is 26.2. The number of nitrogens with one attached hydrogen (secondary N) is 3. The molecule has 0 unspecified atom stereocenters. The average molecular weight is 446 g/mol. The van der Waals surface area contributed by atoms with E-state index in [1.54, 1.807) is 24.3 Å². The van der Waals surface area contributed by atoms with Crippen LogP contribution in [0.4, 0.5) is 16.2 Å². The van der Waals surface area contributed by atoms with Gasteiger partial charge in [-0.05, 0) is 43.4 Å². The van der Waals surface area contributed by atoms with E-state index < -0.39 is 16.1 Å². The van der Waals surface area contributed by atoms with Gasteiger partial charge >= 0.3 is 6.03 Å². The van der Waals surface area contributed by atoms with Crippen molar-refractivity contribution in [2.24, 2.45) is 0 Å². The molecule has 0 saturated carbocycles. The van der Waals surface area contributed by atoms with Crippen LogP contribution in [0.5, 0.6) is 0 Å². The molecule has 3 rings (SSSR count). The Labute approximate surface area is 182 Å². The third kappa shape index (κ3) is 6.51. The first kappa shape index (κ1) is 22.7. The van der Waals surface area contributed by atoms with E-state index in [0.717, 1.165) is 0 Å². The van der Waals surface area contributed by atoms with Crippen LogP contribution in [0.1, 0.15) is 6.42 Å². The number of para-hydroxylation sites is 1. The van der Waals surface area contributed by atoms with Gasteiger partial charge in [-0.15, -0.1) is 0 Å². The quantitative estimate of drug-likeness (QED) is 0.602. The molecule has 1 aliphatic heterocycles. The molecule has 0 bridgehead atoms. The molecular weight excluding hydrogens is 418 g/mol. The van der Waals surface area contributed by atoms with Crippen molar-refractivity contribution < 1.29 is 18.0 Å². The van der Waals surface area contributed by atoms with Crippen molar-refractivity contribution in [3.63, 3.8) is 0 Å². The first-order valence-electron chi connectivity index (χ1n) is 10.0. The third-order valence-corrected chi connectivity index (χ3v) is 6.82. The van der Waals surface area contributed by atoms with Crippen molar-refractivity contribution >= 4 is 33.3 Å². The zero-order valence-electron chi connectivity index (χ0n) is 17.4. The van der Waals surface area contributed by atoms with Crippen LogP contribution in [0.15, 0.2) is 59.5 Å². The molecule has 31 heavy (non-hydrogen) atoms. The molecule has 9 nitrogen and oxygen atoms in total. The number of piperazine rings is 1. The summed E-state index contributed by atoms with van der Waals surface area (Å²) in [6.07, 6.45) is 0.0869. The molecule has 0 spiro atoms. The molecule has 3 amide bonds. The van der Waals surface area contributed by atoms with Gasteiger partial charge in [0.15, 0.2) is 0 Å². The lowest BCUT2D eigenvalue weighted by Crippen LogP contribution is -2.46. The average Bonchev–Trinajstić information content (AvgIpc) is 2.75. The highest BCUT2D eigenvalue weighted by molar-refractivity contribution is 7.89. The zero-order chi connectivity index (χ0) is 22.3. The minimum absolute atomic E-state index is 0.0869. The summed E-state index contributed by atoms with van der Waals surface area (Å²) in [6, 6.07) is 14.7. The van der Waals surface area contributed by atoms with Crippen LogP contribution in [-0.4, -0.2) is 69.3 Å². The molecule has 166 valence electrons. The monoisotopic (exact) mass is 445 g/mol. The zero-order valence-corrected chi connectivity index (χ0v) is 18.2. The Kier molecular flexibility index (Phi) is 7.61. The van der Waals surface area contributed by atoms with E-state index in [9.17, 15) is 18.0 Å². The highest BCUT2D eigenvalue weighted by atomic mass is 32.2. The first-order valence-corrected chi connectivity index (χ1v) is 11.5. The van der Waals surface area contributed by atoms with Gasteiger partial charge in [0.1, 0.15) is 0 Å². The Morgan fingerprint density at radius 1 is 0.871 bits per heavy atom. The highest BCUT2D eigenvalue weighted by Gasteiger charge is 2.27. The minimum atomic E-state index is -3.54. The second kappa shape index (κ2) is 10.4. The lowest BCUT2D eigenvalue weighted by Gasteiger charge is -2.31. The summed E-state index contributed by atoms with van der Waals surface area (Å²) in [5.41, 5.74) is 1.16.